The summed E-state index contributed by atoms with van der Waals surface area (Å²) in [5, 5.41) is 12.1. The third kappa shape index (κ3) is 2.71. The molecule has 20 heavy (non-hydrogen) atoms. The standard InChI is InChI=1S/C14H20N2O3S/c1-10-4-5-13(8-11(10)2)20(18,19)16-7-6-14(15-17)12(3)9-16/h4-5,8,12,17H,6-7,9H2,1-3H3/b15-14+. The molecule has 1 N–H and O–H groups in total. The first-order valence-electron chi connectivity index (χ1n) is 6.64. The van der Waals surface area contributed by atoms with Gasteiger partial charge in [-0.25, -0.2) is 8.42 Å². The molecular formula is C14H20N2O3S. The molecule has 0 radical (unpaired) electrons. The normalized spacial score (nSPS) is 23.1. The monoisotopic (exact) mass is 296 g/mol. The molecule has 1 aromatic carbocycles. The van der Waals surface area contributed by atoms with Gasteiger partial charge in [0.2, 0.25) is 10.0 Å². The molecule has 1 fully saturated rings. The highest BCUT2D eigenvalue weighted by Crippen LogP contribution is 2.23. The zero-order valence-corrected chi connectivity index (χ0v) is 12.8. The fourth-order valence-electron chi connectivity index (χ4n) is 2.38. The lowest BCUT2D eigenvalue weighted by Gasteiger charge is -2.30. The van der Waals surface area contributed by atoms with Crippen LogP contribution in [0.1, 0.15) is 24.5 Å². The maximum atomic E-state index is 12.6. The minimum absolute atomic E-state index is 0.0601. The SMILES string of the molecule is Cc1ccc(S(=O)(=O)N2CC/C(=N\O)C(C)C2)cc1C. The summed E-state index contributed by atoms with van der Waals surface area (Å²) in [5.41, 5.74) is 2.70. The number of oxime groups is 1. The van der Waals surface area contributed by atoms with Crippen molar-refractivity contribution in [2.24, 2.45) is 11.1 Å². The Bertz CT molecular complexity index is 638. The third-order valence-electron chi connectivity index (χ3n) is 3.91. The van der Waals surface area contributed by atoms with Crippen LogP contribution in [-0.4, -0.2) is 36.7 Å². The van der Waals surface area contributed by atoms with Crippen molar-refractivity contribution in [3.63, 3.8) is 0 Å². The summed E-state index contributed by atoms with van der Waals surface area (Å²) >= 11 is 0. The fourth-order valence-corrected chi connectivity index (χ4v) is 3.99. The number of piperidine rings is 1. The number of hydrogen-bond donors (Lipinski definition) is 1. The minimum Gasteiger partial charge on any atom is -0.411 e. The zero-order valence-electron chi connectivity index (χ0n) is 12.0. The van der Waals surface area contributed by atoms with E-state index < -0.39 is 10.0 Å². The Morgan fingerprint density at radius 2 is 2.00 bits per heavy atom. The number of benzene rings is 1. The van der Waals surface area contributed by atoms with Crippen molar-refractivity contribution in [1.82, 2.24) is 4.31 Å². The molecule has 0 bridgehead atoms. The number of aryl methyl sites for hydroxylation is 2. The van der Waals surface area contributed by atoms with Gasteiger partial charge in [0.1, 0.15) is 0 Å². The second-order valence-electron chi connectivity index (χ2n) is 5.35. The Morgan fingerprint density at radius 1 is 1.30 bits per heavy atom. The Labute approximate surface area is 120 Å². The maximum absolute atomic E-state index is 12.6. The number of hydrogen-bond acceptors (Lipinski definition) is 4. The van der Waals surface area contributed by atoms with E-state index in [1.807, 2.05) is 26.8 Å². The molecule has 0 saturated carbocycles. The van der Waals surface area contributed by atoms with E-state index in [-0.39, 0.29) is 5.92 Å². The van der Waals surface area contributed by atoms with E-state index in [4.69, 9.17) is 5.21 Å². The molecular weight excluding hydrogens is 276 g/mol. The van der Waals surface area contributed by atoms with Gasteiger partial charge in [0.15, 0.2) is 0 Å². The van der Waals surface area contributed by atoms with Crippen molar-refractivity contribution in [1.29, 1.82) is 0 Å². The number of nitrogens with zero attached hydrogens (tertiary/aromatic N) is 2. The number of sulfonamides is 1. The fraction of sp³-hybridized carbons (Fsp3) is 0.500. The van der Waals surface area contributed by atoms with Gasteiger partial charge in [0, 0.05) is 25.4 Å². The predicted molar refractivity (Wildman–Crippen MR) is 77.7 cm³/mol. The van der Waals surface area contributed by atoms with Crippen molar-refractivity contribution in [2.75, 3.05) is 13.1 Å². The first-order valence-corrected chi connectivity index (χ1v) is 8.08. The highest BCUT2D eigenvalue weighted by molar-refractivity contribution is 7.89. The minimum atomic E-state index is -3.47. The van der Waals surface area contributed by atoms with Gasteiger partial charge in [0.25, 0.3) is 0 Å². The lowest BCUT2D eigenvalue weighted by molar-refractivity contribution is 0.300. The van der Waals surface area contributed by atoms with Crippen molar-refractivity contribution in [2.45, 2.75) is 32.1 Å². The van der Waals surface area contributed by atoms with Gasteiger partial charge in [-0.05, 0) is 37.1 Å². The molecule has 0 aromatic heterocycles. The molecule has 1 saturated heterocycles. The average molecular weight is 296 g/mol. The van der Waals surface area contributed by atoms with Gasteiger partial charge in [0.05, 0.1) is 10.6 Å². The van der Waals surface area contributed by atoms with E-state index in [1.54, 1.807) is 12.1 Å². The molecule has 5 nitrogen and oxygen atoms in total. The van der Waals surface area contributed by atoms with E-state index in [1.165, 1.54) is 4.31 Å². The van der Waals surface area contributed by atoms with Gasteiger partial charge in [-0.15, -0.1) is 0 Å². The molecule has 110 valence electrons. The molecule has 1 unspecified atom stereocenters. The van der Waals surface area contributed by atoms with Crippen LogP contribution in [0.3, 0.4) is 0 Å². The summed E-state index contributed by atoms with van der Waals surface area (Å²) < 4.78 is 26.7. The quantitative estimate of drug-likeness (QED) is 0.671. The molecule has 1 heterocycles. The molecule has 0 aliphatic carbocycles. The predicted octanol–water partition coefficient (Wildman–Crippen LogP) is 2.16. The lowest BCUT2D eigenvalue weighted by Crippen LogP contribution is -2.43. The van der Waals surface area contributed by atoms with Crippen LogP contribution in [-0.2, 0) is 10.0 Å². The summed E-state index contributed by atoms with van der Waals surface area (Å²) in [5.74, 6) is -0.0601. The van der Waals surface area contributed by atoms with Crippen molar-refractivity contribution in [3.05, 3.63) is 29.3 Å². The Hall–Kier alpha value is -1.40. The van der Waals surface area contributed by atoms with Gasteiger partial charge >= 0.3 is 0 Å². The van der Waals surface area contributed by atoms with Crippen LogP contribution in [0.5, 0.6) is 0 Å². The third-order valence-corrected chi connectivity index (χ3v) is 5.77. The molecule has 6 heteroatoms. The number of rotatable bonds is 2. The van der Waals surface area contributed by atoms with Gasteiger partial charge in [-0.1, -0.05) is 18.1 Å². The summed E-state index contributed by atoms with van der Waals surface area (Å²) in [6.07, 6.45) is 0.474. The molecule has 1 aliphatic heterocycles. The van der Waals surface area contributed by atoms with Gasteiger partial charge < -0.3 is 5.21 Å². The molecule has 1 aliphatic rings. The van der Waals surface area contributed by atoms with Crippen LogP contribution in [0.2, 0.25) is 0 Å². The Balaban J connectivity index is 2.29. The average Bonchev–Trinajstić information content (AvgIpc) is 2.41. The summed E-state index contributed by atoms with van der Waals surface area (Å²) in [6.45, 7) is 6.45. The van der Waals surface area contributed by atoms with Gasteiger partial charge in [-0.2, -0.15) is 4.31 Å². The van der Waals surface area contributed by atoms with Crippen LogP contribution in [0.4, 0.5) is 0 Å². The molecule has 0 spiro atoms. The lowest BCUT2D eigenvalue weighted by atomic mass is 10.00. The van der Waals surface area contributed by atoms with Crippen molar-refractivity contribution < 1.29 is 13.6 Å². The van der Waals surface area contributed by atoms with Crippen LogP contribution in [0, 0.1) is 19.8 Å². The van der Waals surface area contributed by atoms with Gasteiger partial charge in [-0.3, -0.25) is 0 Å². The van der Waals surface area contributed by atoms with E-state index >= 15 is 0 Å². The van der Waals surface area contributed by atoms with Crippen LogP contribution in [0.15, 0.2) is 28.3 Å². The highest BCUT2D eigenvalue weighted by atomic mass is 32.2. The Morgan fingerprint density at radius 3 is 2.55 bits per heavy atom. The van der Waals surface area contributed by atoms with E-state index in [0.717, 1.165) is 11.1 Å². The van der Waals surface area contributed by atoms with Crippen LogP contribution >= 0.6 is 0 Å². The van der Waals surface area contributed by atoms with E-state index in [9.17, 15) is 8.42 Å². The largest absolute Gasteiger partial charge is 0.411 e. The van der Waals surface area contributed by atoms with E-state index in [0.29, 0.717) is 30.1 Å². The smallest absolute Gasteiger partial charge is 0.243 e. The summed E-state index contributed by atoms with van der Waals surface area (Å²) in [6, 6.07) is 5.19. The Kier molecular flexibility index (Phi) is 4.15. The van der Waals surface area contributed by atoms with Crippen LogP contribution in [0.25, 0.3) is 0 Å². The summed E-state index contributed by atoms with van der Waals surface area (Å²) in [7, 11) is -3.47. The molecule has 1 aromatic rings. The van der Waals surface area contributed by atoms with Crippen molar-refractivity contribution >= 4 is 15.7 Å². The molecule has 0 amide bonds. The maximum Gasteiger partial charge on any atom is 0.243 e. The second-order valence-corrected chi connectivity index (χ2v) is 7.29. The highest BCUT2D eigenvalue weighted by Gasteiger charge is 2.31. The van der Waals surface area contributed by atoms with E-state index in [2.05, 4.69) is 5.16 Å². The summed E-state index contributed by atoms with van der Waals surface area (Å²) in [4.78, 5) is 0.331. The molecule has 1 atom stereocenters. The molecule has 2 rings (SSSR count). The second kappa shape index (κ2) is 5.54. The topological polar surface area (TPSA) is 70.0 Å². The zero-order chi connectivity index (χ0) is 14.9. The van der Waals surface area contributed by atoms with Crippen LogP contribution < -0.4 is 0 Å². The first-order chi connectivity index (χ1) is 9.36. The van der Waals surface area contributed by atoms with Crippen molar-refractivity contribution in [3.8, 4) is 0 Å². The first kappa shape index (κ1) is 15.0.